The summed E-state index contributed by atoms with van der Waals surface area (Å²) in [6.07, 6.45) is 7.83. The van der Waals surface area contributed by atoms with Gasteiger partial charge in [-0.3, -0.25) is 58.2 Å². The molecule has 1 atom stereocenters. The van der Waals surface area contributed by atoms with Crippen molar-refractivity contribution in [2.24, 2.45) is 7.05 Å². The number of anilines is 1. The van der Waals surface area contributed by atoms with Gasteiger partial charge in [-0.15, -0.1) is 5.10 Å². The maximum atomic E-state index is 13.8. The van der Waals surface area contributed by atoms with Crippen molar-refractivity contribution in [2.45, 2.75) is 70.6 Å². The maximum Gasteiger partial charge on any atom is 0.319 e. The van der Waals surface area contributed by atoms with Crippen LogP contribution in [0.4, 0.5) is 5.69 Å². The molecule has 396 valence electrons. The average molecular weight is 1080 g/mol. The number of benzene rings is 2. The van der Waals surface area contributed by atoms with Crippen molar-refractivity contribution in [1.29, 1.82) is 0 Å². The SMILES string of the molecule is COc1ncc(-c2nc3c(n2CCCn2cc(C(=O)NCCCCCCNC(=O)COc4cccc5c4C(=O)N(C4CCC(=O)NC4=O)C5=O)nn2)CN(c2cc(Cl)cn(C)c2=O)C3=O)c(OC)n1.Clc1ccccc1. The Morgan fingerprint density at radius 3 is 2.29 bits per heavy atom. The van der Waals surface area contributed by atoms with E-state index in [0.717, 1.165) is 22.8 Å². The van der Waals surface area contributed by atoms with Crippen LogP contribution in [0, 0.1) is 0 Å². The zero-order valence-corrected chi connectivity index (χ0v) is 42.9. The Bertz CT molecular complexity index is 3270. The van der Waals surface area contributed by atoms with E-state index in [9.17, 15) is 38.4 Å². The fourth-order valence-electron chi connectivity index (χ4n) is 8.65. The molecule has 1 saturated heterocycles. The number of fused-ring (bicyclic) bond motifs is 2. The molecule has 3 aliphatic heterocycles. The number of halogens is 2. The van der Waals surface area contributed by atoms with Gasteiger partial charge in [0.1, 0.15) is 23.3 Å². The number of imide groups is 2. The molecule has 1 unspecified atom stereocenters. The number of hydrogen-bond donors (Lipinski definition) is 3. The molecule has 0 bridgehead atoms. The highest BCUT2D eigenvalue weighted by Crippen LogP contribution is 2.36. The molecular formula is C50H51Cl2N13O11. The first-order valence-corrected chi connectivity index (χ1v) is 24.8. The van der Waals surface area contributed by atoms with Gasteiger partial charge in [0.25, 0.3) is 35.1 Å². The summed E-state index contributed by atoms with van der Waals surface area (Å²) in [5, 5.41) is 17.0. The van der Waals surface area contributed by atoms with Crippen LogP contribution in [-0.2, 0) is 41.1 Å². The van der Waals surface area contributed by atoms with E-state index in [2.05, 4.69) is 36.2 Å². The highest BCUT2D eigenvalue weighted by molar-refractivity contribution is 6.31. The number of imidazole rings is 1. The normalized spacial score (nSPS) is 14.7. The first-order valence-electron chi connectivity index (χ1n) is 24.0. The molecule has 7 heterocycles. The second kappa shape index (κ2) is 24.2. The number of aromatic nitrogens is 8. The van der Waals surface area contributed by atoms with E-state index < -0.39 is 53.7 Å². The number of ether oxygens (including phenoxy) is 3. The highest BCUT2D eigenvalue weighted by atomic mass is 35.5. The van der Waals surface area contributed by atoms with Crippen molar-refractivity contribution in [3.8, 4) is 29.0 Å². The molecule has 0 aliphatic carbocycles. The molecule has 0 radical (unpaired) electrons. The van der Waals surface area contributed by atoms with Crippen molar-refractivity contribution in [3.05, 3.63) is 122 Å². The minimum Gasteiger partial charge on any atom is -0.483 e. The van der Waals surface area contributed by atoms with E-state index in [0.29, 0.717) is 62.5 Å². The fraction of sp³-hybridized carbons (Fsp3) is 0.340. The predicted molar refractivity (Wildman–Crippen MR) is 272 cm³/mol. The Morgan fingerprint density at radius 1 is 0.816 bits per heavy atom. The number of nitrogens with one attached hydrogen (secondary N) is 3. The monoisotopic (exact) mass is 1080 g/mol. The predicted octanol–water partition coefficient (Wildman–Crippen LogP) is 3.78. The number of pyridine rings is 1. The molecule has 1 fully saturated rings. The summed E-state index contributed by atoms with van der Waals surface area (Å²) >= 11 is 11.8. The molecule has 3 N–H and O–H groups in total. The summed E-state index contributed by atoms with van der Waals surface area (Å²) in [4.78, 5) is 118. The van der Waals surface area contributed by atoms with Crippen molar-refractivity contribution in [1.82, 2.24) is 59.9 Å². The second-order valence-corrected chi connectivity index (χ2v) is 18.3. The lowest BCUT2D eigenvalue weighted by Crippen LogP contribution is -2.54. The zero-order chi connectivity index (χ0) is 54.0. The van der Waals surface area contributed by atoms with Crippen LogP contribution in [0.1, 0.15) is 92.3 Å². The summed E-state index contributed by atoms with van der Waals surface area (Å²) in [5.41, 5.74) is 0.975. The molecule has 76 heavy (non-hydrogen) atoms. The van der Waals surface area contributed by atoms with Crippen LogP contribution in [0.25, 0.3) is 11.4 Å². The molecule has 4 aromatic heterocycles. The smallest absolute Gasteiger partial charge is 0.319 e. The summed E-state index contributed by atoms with van der Waals surface area (Å²) in [6, 6.07) is 14.3. The van der Waals surface area contributed by atoms with Gasteiger partial charge >= 0.3 is 6.01 Å². The van der Waals surface area contributed by atoms with Crippen LogP contribution in [-0.4, -0.2) is 125 Å². The van der Waals surface area contributed by atoms with Gasteiger partial charge in [0.05, 0.1) is 54.4 Å². The quantitative estimate of drug-likeness (QED) is 0.0724. The summed E-state index contributed by atoms with van der Waals surface area (Å²) in [6.45, 7) is 1.06. The third-order valence-electron chi connectivity index (χ3n) is 12.4. The molecular weight excluding hydrogens is 1030 g/mol. The number of piperidine rings is 1. The zero-order valence-electron chi connectivity index (χ0n) is 41.4. The number of rotatable bonds is 20. The van der Waals surface area contributed by atoms with Crippen molar-refractivity contribution in [2.75, 3.05) is 38.8 Å². The van der Waals surface area contributed by atoms with Gasteiger partial charge in [0.2, 0.25) is 17.7 Å². The first-order chi connectivity index (χ1) is 36.7. The average Bonchev–Trinajstić information content (AvgIpc) is 4.18. The third-order valence-corrected chi connectivity index (χ3v) is 12.8. The van der Waals surface area contributed by atoms with Crippen LogP contribution in [0.15, 0.2) is 78.0 Å². The van der Waals surface area contributed by atoms with Gasteiger partial charge in [0.15, 0.2) is 18.0 Å². The molecule has 7 amide bonds. The standard InChI is InChI=1S/C44H46ClN13O11.C6H5Cl/c1-54-20-24(45)18-29(41(54)64)57-22-30-35(43(57)66)50-36(26-19-48-44(68-3)51-39(26)67-2)56(30)17-9-16-55-21-27(52-53-55)37(61)47-15-7-5-4-6-14-46-33(60)23-69-31-11-8-10-25-34(31)42(65)58(40(25)63)28-12-13-32(59)49-38(28)62;7-6-4-2-1-3-5-6/h8,10-11,18-21,28H,4-7,9,12-17,22-23H2,1-3H3,(H,46,60)(H,47,61)(H,49,59,62);1-5H. The molecule has 24 nitrogen and oxygen atoms in total. The van der Waals surface area contributed by atoms with E-state index in [1.807, 2.05) is 34.9 Å². The number of hydrogen-bond acceptors (Lipinski definition) is 16. The molecule has 0 saturated carbocycles. The molecule has 6 aromatic rings. The lowest BCUT2D eigenvalue weighted by molar-refractivity contribution is -0.136. The molecule has 2 aromatic carbocycles. The molecule has 3 aliphatic rings. The van der Waals surface area contributed by atoms with Crippen LogP contribution in [0.3, 0.4) is 0 Å². The van der Waals surface area contributed by atoms with Gasteiger partial charge < -0.3 is 34.0 Å². The van der Waals surface area contributed by atoms with Crippen LogP contribution >= 0.6 is 23.2 Å². The maximum absolute atomic E-state index is 13.8. The second-order valence-electron chi connectivity index (χ2n) is 17.5. The van der Waals surface area contributed by atoms with Crippen molar-refractivity contribution < 1.29 is 47.8 Å². The van der Waals surface area contributed by atoms with Gasteiger partial charge in [-0.05, 0) is 56.0 Å². The highest BCUT2D eigenvalue weighted by Gasteiger charge is 2.46. The number of carbonyl (C=O) groups excluding carboxylic acids is 7. The summed E-state index contributed by atoms with van der Waals surface area (Å²) in [5.74, 6) is -3.32. The Labute approximate surface area is 443 Å². The Hall–Kier alpha value is -8.51. The number of carbonyl (C=O) groups is 7. The Kier molecular flexibility index (Phi) is 17.1. The van der Waals surface area contributed by atoms with Crippen LogP contribution in [0.2, 0.25) is 10.0 Å². The van der Waals surface area contributed by atoms with Crippen LogP contribution in [0.5, 0.6) is 17.6 Å². The first kappa shape index (κ1) is 53.8. The van der Waals surface area contributed by atoms with E-state index in [1.54, 1.807) is 17.9 Å². The number of amides is 7. The largest absolute Gasteiger partial charge is 0.483 e. The minimum absolute atomic E-state index is 0.00754. The van der Waals surface area contributed by atoms with Crippen molar-refractivity contribution >= 4 is 70.2 Å². The third kappa shape index (κ3) is 12.0. The lowest BCUT2D eigenvalue weighted by atomic mass is 10.0. The van der Waals surface area contributed by atoms with Crippen molar-refractivity contribution in [3.63, 3.8) is 0 Å². The van der Waals surface area contributed by atoms with E-state index in [-0.39, 0.29) is 76.2 Å². The number of nitrogens with zero attached hydrogens (tertiary/aromatic N) is 10. The van der Waals surface area contributed by atoms with Gasteiger partial charge in [-0.2, -0.15) is 4.98 Å². The Balaban J connectivity index is 0.00000101. The van der Waals surface area contributed by atoms with Gasteiger partial charge in [0, 0.05) is 57.1 Å². The topological polar surface area (TPSA) is 286 Å². The summed E-state index contributed by atoms with van der Waals surface area (Å²) in [7, 11) is 4.42. The van der Waals surface area contributed by atoms with Gasteiger partial charge in [-0.25, -0.2) is 9.97 Å². The van der Waals surface area contributed by atoms with Gasteiger partial charge in [-0.1, -0.05) is 65.5 Å². The number of aryl methyl sites for hydroxylation is 2. The number of unbranched alkanes of at least 4 members (excludes halogenated alkanes) is 3. The van der Waals surface area contributed by atoms with Crippen LogP contribution < -0.4 is 40.6 Å². The molecule has 26 heteroatoms. The van der Waals surface area contributed by atoms with E-state index in [4.69, 9.17) is 42.4 Å². The molecule has 9 rings (SSSR count). The number of methoxy groups -OCH3 is 2. The Morgan fingerprint density at radius 2 is 1.58 bits per heavy atom. The fourth-order valence-corrected chi connectivity index (χ4v) is 9.05. The minimum atomic E-state index is -1.12. The molecule has 0 spiro atoms. The lowest BCUT2D eigenvalue weighted by Gasteiger charge is -2.27. The van der Waals surface area contributed by atoms with E-state index in [1.165, 1.54) is 60.3 Å². The summed E-state index contributed by atoms with van der Waals surface area (Å²) < 4.78 is 21.0. The van der Waals surface area contributed by atoms with E-state index >= 15 is 0 Å².